The van der Waals surface area contributed by atoms with E-state index in [-0.39, 0.29) is 5.91 Å². The van der Waals surface area contributed by atoms with Crippen molar-refractivity contribution in [2.75, 3.05) is 26.3 Å². The Morgan fingerprint density at radius 2 is 1.94 bits per heavy atom. The van der Waals surface area contributed by atoms with Crippen LogP contribution in [-0.2, 0) is 9.53 Å². The Bertz CT molecular complexity index is 259. The number of piperidine rings is 1. The summed E-state index contributed by atoms with van der Waals surface area (Å²) in [6, 6.07) is 0.295. The third-order valence-corrected chi connectivity index (χ3v) is 4.29. The minimum Gasteiger partial charge on any atom is -0.381 e. The second-order valence-corrected chi connectivity index (χ2v) is 5.70. The summed E-state index contributed by atoms with van der Waals surface area (Å²) in [6.45, 7) is 5.95. The molecular weight excluding hydrogens is 228 g/mol. The molecule has 0 aliphatic carbocycles. The Balaban J connectivity index is 1.68. The Morgan fingerprint density at radius 3 is 2.61 bits per heavy atom. The number of hydrogen-bond donors (Lipinski definition) is 2. The molecule has 0 aromatic carbocycles. The second kappa shape index (κ2) is 7.10. The molecule has 0 saturated carbocycles. The van der Waals surface area contributed by atoms with Gasteiger partial charge in [0.05, 0.1) is 0 Å². The van der Waals surface area contributed by atoms with Gasteiger partial charge in [0.15, 0.2) is 0 Å². The van der Waals surface area contributed by atoms with Crippen LogP contribution in [0.15, 0.2) is 0 Å². The van der Waals surface area contributed by atoms with Gasteiger partial charge < -0.3 is 15.4 Å². The maximum atomic E-state index is 12.0. The highest BCUT2D eigenvalue weighted by atomic mass is 16.5. The van der Waals surface area contributed by atoms with E-state index < -0.39 is 0 Å². The van der Waals surface area contributed by atoms with E-state index >= 15 is 0 Å². The van der Waals surface area contributed by atoms with Crippen molar-refractivity contribution in [1.29, 1.82) is 0 Å². The van der Waals surface area contributed by atoms with Crippen molar-refractivity contribution < 1.29 is 9.53 Å². The first-order chi connectivity index (χ1) is 8.75. The lowest BCUT2D eigenvalue weighted by Crippen LogP contribution is -2.41. The minimum atomic E-state index is 0.237. The van der Waals surface area contributed by atoms with Crippen LogP contribution in [0.1, 0.15) is 39.0 Å². The predicted molar refractivity (Wildman–Crippen MR) is 71.4 cm³/mol. The Kier molecular flexibility index (Phi) is 5.45. The quantitative estimate of drug-likeness (QED) is 0.795. The number of carbonyl (C=O) groups excluding carboxylic acids is 1. The van der Waals surface area contributed by atoms with Crippen molar-refractivity contribution in [1.82, 2.24) is 10.6 Å². The van der Waals surface area contributed by atoms with E-state index in [0.717, 1.165) is 52.0 Å². The smallest absolute Gasteiger partial charge is 0.220 e. The van der Waals surface area contributed by atoms with Crippen LogP contribution in [0.3, 0.4) is 0 Å². The van der Waals surface area contributed by atoms with Crippen molar-refractivity contribution in [2.24, 2.45) is 11.8 Å². The molecule has 1 amide bonds. The molecule has 4 nitrogen and oxygen atoms in total. The normalized spacial score (nSPS) is 24.7. The van der Waals surface area contributed by atoms with Gasteiger partial charge in [-0.2, -0.15) is 0 Å². The van der Waals surface area contributed by atoms with E-state index in [0.29, 0.717) is 24.3 Å². The monoisotopic (exact) mass is 254 g/mol. The highest BCUT2D eigenvalue weighted by Gasteiger charge is 2.23. The van der Waals surface area contributed by atoms with Gasteiger partial charge in [0.1, 0.15) is 0 Å². The fourth-order valence-corrected chi connectivity index (χ4v) is 2.99. The predicted octanol–water partition coefficient (Wildman–Crippen LogP) is 1.31. The molecule has 18 heavy (non-hydrogen) atoms. The lowest BCUT2D eigenvalue weighted by Gasteiger charge is -2.29. The number of carbonyl (C=O) groups is 1. The van der Waals surface area contributed by atoms with Crippen molar-refractivity contribution in [2.45, 2.75) is 45.1 Å². The summed E-state index contributed by atoms with van der Waals surface area (Å²) in [5.41, 5.74) is 0. The van der Waals surface area contributed by atoms with Crippen LogP contribution in [0, 0.1) is 11.8 Å². The Morgan fingerprint density at radius 1 is 1.28 bits per heavy atom. The van der Waals surface area contributed by atoms with E-state index in [4.69, 9.17) is 4.74 Å². The molecule has 2 rings (SSSR count). The van der Waals surface area contributed by atoms with Crippen LogP contribution in [0.4, 0.5) is 0 Å². The molecule has 2 aliphatic rings. The van der Waals surface area contributed by atoms with Crippen LogP contribution < -0.4 is 10.6 Å². The topological polar surface area (TPSA) is 50.4 Å². The number of amides is 1. The van der Waals surface area contributed by atoms with E-state index in [1.807, 2.05) is 0 Å². The summed E-state index contributed by atoms with van der Waals surface area (Å²) in [5, 5.41) is 6.52. The molecule has 104 valence electrons. The molecule has 1 unspecified atom stereocenters. The minimum absolute atomic E-state index is 0.237. The summed E-state index contributed by atoms with van der Waals surface area (Å²) >= 11 is 0. The van der Waals surface area contributed by atoms with Gasteiger partial charge in [0, 0.05) is 25.7 Å². The third kappa shape index (κ3) is 4.25. The average molecular weight is 254 g/mol. The number of nitrogens with one attached hydrogen (secondary N) is 2. The van der Waals surface area contributed by atoms with Gasteiger partial charge in [-0.05, 0) is 57.5 Å². The largest absolute Gasteiger partial charge is 0.381 e. The summed E-state index contributed by atoms with van der Waals surface area (Å²) in [7, 11) is 0. The van der Waals surface area contributed by atoms with Crippen LogP contribution in [0.5, 0.6) is 0 Å². The van der Waals surface area contributed by atoms with E-state index in [9.17, 15) is 4.79 Å². The highest BCUT2D eigenvalue weighted by molar-refractivity contribution is 5.76. The van der Waals surface area contributed by atoms with Crippen molar-refractivity contribution in [3.05, 3.63) is 0 Å². The molecule has 2 saturated heterocycles. The van der Waals surface area contributed by atoms with Gasteiger partial charge in [0.2, 0.25) is 5.91 Å². The molecule has 2 aliphatic heterocycles. The SMILES string of the molecule is CC(NC(=O)CC1CCNCC1)C1CCOCC1. The number of hydrogen-bond acceptors (Lipinski definition) is 3. The molecular formula is C14H26N2O2. The molecule has 2 fully saturated rings. The van der Waals surface area contributed by atoms with Crippen molar-refractivity contribution in [3.8, 4) is 0 Å². The third-order valence-electron chi connectivity index (χ3n) is 4.29. The first kappa shape index (κ1) is 13.8. The zero-order valence-corrected chi connectivity index (χ0v) is 11.4. The zero-order chi connectivity index (χ0) is 12.8. The molecule has 0 spiro atoms. The average Bonchev–Trinajstić information content (AvgIpc) is 2.40. The summed E-state index contributed by atoms with van der Waals surface area (Å²) in [5.74, 6) is 1.41. The molecule has 0 aromatic rings. The lowest BCUT2D eigenvalue weighted by molar-refractivity contribution is -0.123. The van der Waals surface area contributed by atoms with Crippen molar-refractivity contribution in [3.63, 3.8) is 0 Å². The highest BCUT2D eigenvalue weighted by Crippen LogP contribution is 2.20. The summed E-state index contributed by atoms with van der Waals surface area (Å²) in [4.78, 5) is 12.0. The molecule has 4 heteroatoms. The zero-order valence-electron chi connectivity index (χ0n) is 11.4. The van der Waals surface area contributed by atoms with Crippen LogP contribution in [0.2, 0.25) is 0 Å². The molecule has 2 N–H and O–H groups in total. The number of ether oxygens (including phenoxy) is 1. The van der Waals surface area contributed by atoms with E-state index in [1.165, 1.54) is 0 Å². The summed E-state index contributed by atoms with van der Waals surface area (Å²) < 4.78 is 5.36. The first-order valence-corrected chi connectivity index (χ1v) is 7.33. The molecule has 1 atom stereocenters. The van der Waals surface area contributed by atoms with E-state index in [2.05, 4.69) is 17.6 Å². The van der Waals surface area contributed by atoms with Crippen LogP contribution >= 0.6 is 0 Å². The van der Waals surface area contributed by atoms with Gasteiger partial charge in [-0.1, -0.05) is 0 Å². The van der Waals surface area contributed by atoms with Crippen LogP contribution in [0.25, 0.3) is 0 Å². The van der Waals surface area contributed by atoms with Crippen LogP contribution in [-0.4, -0.2) is 38.3 Å². The fraction of sp³-hybridized carbons (Fsp3) is 0.929. The van der Waals surface area contributed by atoms with Gasteiger partial charge in [-0.3, -0.25) is 4.79 Å². The maximum absolute atomic E-state index is 12.0. The second-order valence-electron chi connectivity index (χ2n) is 5.70. The first-order valence-electron chi connectivity index (χ1n) is 7.33. The Hall–Kier alpha value is -0.610. The standard InChI is InChI=1S/C14H26N2O2/c1-11(13-4-8-18-9-5-13)16-14(17)10-12-2-6-15-7-3-12/h11-13,15H,2-10H2,1H3,(H,16,17). The molecule has 2 heterocycles. The van der Waals surface area contributed by atoms with Gasteiger partial charge in [-0.15, -0.1) is 0 Å². The number of rotatable bonds is 4. The van der Waals surface area contributed by atoms with Gasteiger partial charge >= 0.3 is 0 Å². The Labute approximate surface area is 110 Å². The summed E-state index contributed by atoms with van der Waals surface area (Å²) in [6.07, 6.45) is 5.14. The van der Waals surface area contributed by atoms with E-state index in [1.54, 1.807) is 0 Å². The van der Waals surface area contributed by atoms with Gasteiger partial charge in [0.25, 0.3) is 0 Å². The molecule has 0 radical (unpaired) electrons. The molecule has 0 bridgehead atoms. The molecule has 0 aromatic heterocycles. The lowest BCUT2D eigenvalue weighted by atomic mass is 9.91. The fourth-order valence-electron chi connectivity index (χ4n) is 2.99. The van der Waals surface area contributed by atoms with Crippen molar-refractivity contribution >= 4 is 5.91 Å². The van der Waals surface area contributed by atoms with Gasteiger partial charge in [-0.25, -0.2) is 0 Å². The maximum Gasteiger partial charge on any atom is 0.220 e.